The minimum absolute atomic E-state index is 0.397. The highest BCUT2D eigenvalue weighted by Gasteiger charge is 2.21. The molecule has 0 amide bonds. The van der Waals surface area contributed by atoms with Crippen LogP contribution < -0.4 is 10.2 Å². The van der Waals surface area contributed by atoms with Gasteiger partial charge in [-0.15, -0.1) is 0 Å². The van der Waals surface area contributed by atoms with Crippen LogP contribution >= 0.6 is 21.0 Å². The molecule has 2 heterocycles. The van der Waals surface area contributed by atoms with Gasteiger partial charge >= 0.3 is 0 Å². The van der Waals surface area contributed by atoms with E-state index in [4.69, 9.17) is 9.47 Å². The van der Waals surface area contributed by atoms with Crippen LogP contribution in [-0.2, 0) is 10.5 Å². The molecule has 6 heteroatoms. The van der Waals surface area contributed by atoms with Crippen LogP contribution in [0.5, 0.6) is 5.88 Å². The standard InChI is InChI=1S/C12H19N2O2PS/c1-8-3-4-9(16-8)5-18-6-10-11(15-2)13-7-14-12(10)17/h7-9H,3-6,17H2,1-2H3. The van der Waals surface area contributed by atoms with Crippen molar-refractivity contribution in [1.29, 1.82) is 0 Å². The summed E-state index contributed by atoms with van der Waals surface area (Å²) >= 11 is 1.85. The minimum atomic E-state index is 0.397. The number of methoxy groups -OCH3 is 1. The number of aromatic nitrogens is 2. The fourth-order valence-corrected chi connectivity index (χ4v) is 3.56. The first-order valence-electron chi connectivity index (χ1n) is 6.07. The Balaban J connectivity index is 1.86. The third kappa shape index (κ3) is 3.56. The van der Waals surface area contributed by atoms with E-state index >= 15 is 0 Å². The third-order valence-electron chi connectivity index (χ3n) is 3.00. The highest BCUT2D eigenvalue weighted by Crippen LogP contribution is 2.25. The average molecular weight is 286 g/mol. The highest BCUT2D eigenvalue weighted by molar-refractivity contribution is 7.98. The van der Waals surface area contributed by atoms with Crippen molar-refractivity contribution in [1.82, 2.24) is 9.97 Å². The van der Waals surface area contributed by atoms with E-state index in [1.165, 1.54) is 19.2 Å². The molecule has 0 aliphatic carbocycles. The van der Waals surface area contributed by atoms with Gasteiger partial charge in [0.15, 0.2) is 0 Å². The van der Waals surface area contributed by atoms with Gasteiger partial charge in [0.1, 0.15) is 6.33 Å². The molecular weight excluding hydrogens is 267 g/mol. The molecule has 0 aromatic carbocycles. The zero-order valence-corrected chi connectivity index (χ0v) is 12.7. The van der Waals surface area contributed by atoms with E-state index in [2.05, 4.69) is 26.1 Å². The lowest BCUT2D eigenvalue weighted by molar-refractivity contribution is 0.0700. The van der Waals surface area contributed by atoms with Gasteiger partial charge in [-0.3, -0.25) is 0 Å². The fourth-order valence-electron chi connectivity index (χ4n) is 2.02. The molecule has 0 radical (unpaired) electrons. The first-order chi connectivity index (χ1) is 8.70. The first-order valence-corrected chi connectivity index (χ1v) is 7.80. The summed E-state index contributed by atoms with van der Waals surface area (Å²) in [6.45, 7) is 2.14. The number of ether oxygens (including phenoxy) is 2. The molecular formula is C12H19N2O2PS. The lowest BCUT2D eigenvalue weighted by Gasteiger charge is -2.12. The second-order valence-electron chi connectivity index (χ2n) is 4.41. The third-order valence-corrected chi connectivity index (χ3v) is 4.60. The van der Waals surface area contributed by atoms with Gasteiger partial charge in [-0.2, -0.15) is 11.8 Å². The highest BCUT2D eigenvalue weighted by atomic mass is 32.2. The Bertz CT molecular complexity index is 406. The maximum Gasteiger partial charge on any atom is 0.220 e. The SMILES string of the molecule is COc1ncnc(P)c1CSCC1CCC(C)O1. The Morgan fingerprint density at radius 3 is 3.00 bits per heavy atom. The molecule has 18 heavy (non-hydrogen) atoms. The first kappa shape index (κ1) is 14.0. The van der Waals surface area contributed by atoms with Gasteiger partial charge in [-0.1, -0.05) is 9.24 Å². The van der Waals surface area contributed by atoms with E-state index < -0.39 is 0 Å². The molecule has 0 saturated carbocycles. The van der Waals surface area contributed by atoms with Gasteiger partial charge in [0.2, 0.25) is 5.88 Å². The van der Waals surface area contributed by atoms with E-state index in [-0.39, 0.29) is 0 Å². The van der Waals surface area contributed by atoms with Gasteiger partial charge in [0.05, 0.1) is 24.8 Å². The molecule has 2 rings (SSSR count). The van der Waals surface area contributed by atoms with E-state index in [0.29, 0.717) is 18.1 Å². The number of hydrogen-bond acceptors (Lipinski definition) is 5. The Morgan fingerprint density at radius 2 is 2.33 bits per heavy atom. The molecule has 0 spiro atoms. The predicted molar refractivity (Wildman–Crippen MR) is 77.7 cm³/mol. The smallest absolute Gasteiger partial charge is 0.220 e. The van der Waals surface area contributed by atoms with Crippen molar-refractivity contribution >= 4 is 26.4 Å². The van der Waals surface area contributed by atoms with E-state index in [0.717, 1.165) is 22.5 Å². The molecule has 1 aromatic rings. The van der Waals surface area contributed by atoms with Gasteiger partial charge in [0, 0.05) is 17.1 Å². The van der Waals surface area contributed by atoms with Crippen molar-refractivity contribution in [3.05, 3.63) is 11.9 Å². The molecule has 1 saturated heterocycles. The zero-order chi connectivity index (χ0) is 13.0. The zero-order valence-electron chi connectivity index (χ0n) is 10.8. The summed E-state index contributed by atoms with van der Waals surface area (Å²) in [7, 11) is 4.28. The summed E-state index contributed by atoms with van der Waals surface area (Å²) in [5, 5.41) is 0. The summed E-state index contributed by atoms with van der Waals surface area (Å²) in [5.41, 5.74) is 1.97. The summed E-state index contributed by atoms with van der Waals surface area (Å²) < 4.78 is 11.1. The van der Waals surface area contributed by atoms with Gasteiger partial charge in [-0.25, -0.2) is 9.97 Å². The number of rotatable bonds is 5. The van der Waals surface area contributed by atoms with Gasteiger partial charge in [0.25, 0.3) is 0 Å². The van der Waals surface area contributed by atoms with Crippen molar-refractivity contribution in [3.8, 4) is 5.88 Å². The normalized spacial score (nSPS) is 23.3. The maximum atomic E-state index is 5.80. The van der Waals surface area contributed by atoms with Crippen molar-refractivity contribution in [2.24, 2.45) is 0 Å². The quantitative estimate of drug-likeness (QED) is 0.772. The molecule has 3 unspecified atom stereocenters. The average Bonchev–Trinajstić information content (AvgIpc) is 2.77. The van der Waals surface area contributed by atoms with Gasteiger partial charge < -0.3 is 9.47 Å². The molecule has 0 N–H and O–H groups in total. The van der Waals surface area contributed by atoms with Crippen LogP contribution in [0.3, 0.4) is 0 Å². The molecule has 1 aliphatic rings. The van der Waals surface area contributed by atoms with Crippen LogP contribution in [0.25, 0.3) is 0 Å². The Kier molecular flexibility index (Phi) is 5.22. The van der Waals surface area contributed by atoms with Crippen molar-refractivity contribution in [2.75, 3.05) is 12.9 Å². The van der Waals surface area contributed by atoms with E-state index in [9.17, 15) is 0 Å². The van der Waals surface area contributed by atoms with Crippen LogP contribution in [0.2, 0.25) is 0 Å². The second-order valence-corrected chi connectivity index (χ2v) is 5.99. The molecule has 3 atom stereocenters. The summed E-state index contributed by atoms with van der Waals surface area (Å²) in [5.74, 6) is 2.55. The molecule has 1 fully saturated rings. The Labute approximate surface area is 114 Å². The topological polar surface area (TPSA) is 44.2 Å². The van der Waals surface area contributed by atoms with Crippen LogP contribution in [0.15, 0.2) is 6.33 Å². The Morgan fingerprint density at radius 1 is 1.50 bits per heavy atom. The largest absolute Gasteiger partial charge is 0.481 e. The molecule has 100 valence electrons. The number of hydrogen-bond donors (Lipinski definition) is 0. The predicted octanol–water partition coefficient (Wildman–Crippen LogP) is 1.79. The summed E-state index contributed by atoms with van der Waals surface area (Å²) in [4.78, 5) is 8.31. The summed E-state index contributed by atoms with van der Waals surface area (Å²) in [6, 6.07) is 0. The van der Waals surface area contributed by atoms with Crippen LogP contribution in [0, 0.1) is 0 Å². The Hall–Kier alpha value is -0.380. The van der Waals surface area contributed by atoms with Crippen LogP contribution in [0.4, 0.5) is 0 Å². The minimum Gasteiger partial charge on any atom is -0.481 e. The second kappa shape index (κ2) is 6.69. The molecule has 0 bridgehead atoms. The maximum absolute atomic E-state index is 5.80. The molecule has 1 aromatic heterocycles. The molecule has 1 aliphatic heterocycles. The van der Waals surface area contributed by atoms with Crippen LogP contribution in [0.1, 0.15) is 25.3 Å². The van der Waals surface area contributed by atoms with Gasteiger partial charge in [-0.05, 0) is 19.8 Å². The van der Waals surface area contributed by atoms with E-state index in [1.807, 2.05) is 11.8 Å². The lowest BCUT2D eigenvalue weighted by atomic mass is 10.2. The monoisotopic (exact) mass is 286 g/mol. The van der Waals surface area contributed by atoms with E-state index in [1.54, 1.807) is 7.11 Å². The van der Waals surface area contributed by atoms with Crippen molar-refractivity contribution in [3.63, 3.8) is 0 Å². The van der Waals surface area contributed by atoms with Crippen molar-refractivity contribution in [2.45, 2.75) is 37.7 Å². The summed E-state index contributed by atoms with van der Waals surface area (Å²) in [6.07, 6.45) is 4.69. The fraction of sp³-hybridized carbons (Fsp3) is 0.667. The van der Waals surface area contributed by atoms with Crippen molar-refractivity contribution < 1.29 is 9.47 Å². The van der Waals surface area contributed by atoms with Crippen LogP contribution in [-0.4, -0.2) is 35.0 Å². The molecule has 4 nitrogen and oxygen atoms in total. The number of thioether (sulfide) groups is 1. The lowest BCUT2D eigenvalue weighted by Crippen LogP contribution is -2.13. The number of nitrogens with zero attached hydrogens (tertiary/aromatic N) is 2.